The SMILES string of the molecule is CC(C)c1ccc(/N=C2\NC(=O)C(Cc3cccc(C(F)(F)F)c3)[S+]2[O-])cc1. The van der Waals surface area contributed by atoms with Gasteiger partial charge in [-0.3, -0.25) is 10.1 Å². The van der Waals surface area contributed by atoms with Gasteiger partial charge in [-0.1, -0.05) is 44.2 Å². The zero-order valence-corrected chi connectivity index (χ0v) is 16.1. The normalized spacial score (nSPS) is 21.4. The maximum atomic E-state index is 12.9. The number of hydrogen-bond acceptors (Lipinski definition) is 3. The first-order chi connectivity index (χ1) is 13.1. The first-order valence-corrected chi connectivity index (χ1v) is 9.92. The van der Waals surface area contributed by atoms with Gasteiger partial charge in [-0.15, -0.1) is 0 Å². The van der Waals surface area contributed by atoms with Crippen LogP contribution >= 0.6 is 0 Å². The number of carbonyl (C=O) groups excluding carboxylic acids is 1. The number of nitrogens with zero attached hydrogens (tertiary/aromatic N) is 1. The Bertz CT molecular complexity index is 895. The standard InChI is InChI=1S/C20H19F3N2O2S/c1-12(2)14-6-8-16(9-7-14)24-19-25-18(26)17(28(19)27)11-13-4-3-5-15(10-13)20(21,22)23/h3-10,12,17H,11H2,1-2H3,(H,24,25,26). The number of nitrogens with one attached hydrogen (secondary N) is 1. The summed E-state index contributed by atoms with van der Waals surface area (Å²) in [4.78, 5) is 16.5. The molecule has 1 N–H and O–H groups in total. The second kappa shape index (κ2) is 7.97. The van der Waals surface area contributed by atoms with E-state index in [9.17, 15) is 22.5 Å². The number of halogens is 3. The maximum absolute atomic E-state index is 12.9. The van der Waals surface area contributed by atoms with Crippen LogP contribution in [0.25, 0.3) is 0 Å². The van der Waals surface area contributed by atoms with Gasteiger partial charge in [0, 0.05) is 17.6 Å². The van der Waals surface area contributed by atoms with Gasteiger partial charge in [-0.2, -0.15) is 18.2 Å². The molecule has 0 aromatic heterocycles. The molecule has 0 bridgehead atoms. The van der Waals surface area contributed by atoms with Crippen LogP contribution in [0.5, 0.6) is 0 Å². The molecule has 1 fully saturated rings. The van der Waals surface area contributed by atoms with Crippen molar-refractivity contribution < 1.29 is 22.5 Å². The molecular formula is C20H19F3N2O2S. The van der Waals surface area contributed by atoms with Crippen LogP contribution in [0.3, 0.4) is 0 Å². The molecule has 1 saturated heterocycles. The van der Waals surface area contributed by atoms with Crippen LogP contribution in [-0.2, 0) is 28.6 Å². The summed E-state index contributed by atoms with van der Waals surface area (Å²) in [6.07, 6.45) is -4.53. The van der Waals surface area contributed by atoms with E-state index in [1.165, 1.54) is 12.1 Å². The topological polar surface area (TPSA) is 64.5 Å². The Balaban J connectivity index is 1.77. The molecule has 1 aliphatic rings. The van der Waals surface area contributed by atoms with E-state index in [-0.39, 0.29) is 11.6 Å². The summed E-state index contributed by atoms with van der Waals surface area (Å²) in [5.41, 5.74) is 1.18. The summed E-state index contributed by atoms with van der Waals surface area (Å²) in [6, 6.07) is 12.1. The highest BCUT2D eigenvalue weighted by Crippen LogP contribution is 2.30. The zero-order valence-electron chi connectivity index (χ0n) is 15.3. The number of carbonyl (C=O) groups is 1. The lowest BCUT2D eigenvalue weighted by molar-refractivity contribution is -0.137. The minimum absolute atomic E-state index is 0.0271. The van der Waals surface area contributed by atoms with E-state index in [0.29, 0.717) is 17.2 Å². The zero-order chi connectivity index (χ0) is 20.5. The number of amidine groups is 1. The first-order valence-electron chi connectivity index (χ1n) is 8.71. The van der Waals surface area contributed by atoms with E-state index >= 15 is 0 Å². The van der Waals surface area contributed by atoms with E-state index in [0.717, 1.165) is 17.7 Å². The van der Waals surface area contributed by atoms with Gasteiger partial charge in [0.15, 0.2) is 0 Å². The van der Waals surface area contributed by atoms with Crippen molar-refractivity contribution in [3.63, 3.8) is 0 Å². The van der Waals surface area contributed by atoms with Crippen molar-refractivity contribution in [2.24, 2.45) is 4.99 Å². The molecule has 3 rings (SSSR count). The second-order valence-electron chi connectivity index (χ2n) is 6.84. The van der Waals surface area contributed by atoms with Crippen LogP contribution in [0, 0.1) is 0 Å². The fourth-order valence-corrected chi connectivity index (χ4v) is 4.11. The van der Waals surface area contributed by atoms with Crippen LogP contribution < -0.4 is 5.32 Å². The smallest absolute Gasteiger partial charge is 0.416 e. The number of benzene rings is 2. The van der Waals surface area contributed by atoms with Gasteiger partial charge < -0.3 is 4.55 Å². The van der Waals surface area contributed by atoms with E-state index in [1.54, 1.807) is 12.1 Å². The molecule has 1 aliphatic heterocycles. The fraction of sp³-hybridized carbons (Fsp3) is 0.300. The lowest BCUT2D eigenvalue weighted by Gasteiger charge is -2.12. The van der Waals surface area contributed by atoms with Crippen LogP contribution in [0.4, 0.5) is 18.9 Å². The van der Waals surface area contributed by atoms with Gasteiger partial charge >= 0.3 is 11.3 Å². The average molecular weight is 408 g/mol. The molecule has 8 heteroatoms. The van der Waals surface area contributed by atoms with Crippen molar-refractivity contribution in [2.75, 3.05) is 0 Å². The van der Waals surface area contributed by atoms with Crippen LogP contribution in [0.1, 0.15) is 36.5 Å². The molecule has 0 spiro atoms. The van der Waals surface area contributed by atoms with Gasteiger partial charge in [0.25, 0.3) is 5.91 Å². The van der Waals surface area contributed by atoms with Crippen LogP contribution in [0.15, 0.2) is 53.5 Å². The summed E-state index contributed by atoms with van der Waals surface area (Å²) in [6.45, 7) is 4.12. The largest absolute Gasteiger partial charge is 0.608 e. The number of rotatable bonds is 4. The van der Waals surface area contributed by atoms with Crippen molar-refractivity contribution in [3.05, 3.63) is 65.2 Å². The molecule has 4 nitrogen and oxygen atoms in total. The number of amides is 1. The first kappa shape index (κ1) is 20.4. The summed E-state index contributed by atoms with van der Waals surface area (Å²) in [7, 11) is 0. The lowest BCUT2D eigenvalue weighted by atomic mass is 10.0. The monoisotopic (exact) mass is 408 g/mol. The summed E-state index contributed by atoms with van der Waals surface area (Å²) in [5.74, 6) is -0.146. The van der Waals surface area contributed by atoms with E-state index in [2.05, 4.69) is 24.2 Å². The van der Waals surface area contributed by atoms with E-state index in [1.807, 2.05) is 12.1 Å². The van der Waals surface area contributed by atoms with Crippen molar-refractivity contribution >= 4 is 27.9 Å². The molecular weight excluding hydrogens is 389 g/mol. The van der Waals surface area contributed by atoms with Crippen molar-refractivity contribution in [1.82, 2.24) is 5.32 Å². The molecule has 2 aromatic carbocycles. The molecule has 28 heavy (non-hydrogen) atoms. The molecule has 0 radical (unpaired) electrons. The Morgan fingerprint density at radius 1 is 1.18 bits per heavy atom. The third-order valence-electron chi connectivity index (χ3n) is 4.44. The maximum Gasteiger partial charge on any atom is 0.416 e. The van der Waals surface area contributed by atoms with E-state index < -0.39 is 34.1 Å². The molecule has 0 aliphatic carbocycles. The predicted octanol–water partition coefficient (Wildman–Crippen LogP) is 4.31. The fourth-order valence-electron chi connectivity index (χ4n) is 2.85. The Kier molecular flexibility index (Phi) is 5.81. The van der Waals surface area contributed by atoms with Crippen molar-refractivity contribution in [3.8, 4) is 0 Å². The minimum Gasteiger partial charge on any atom is -0.608 e. The Morgan fingerprint density at radius 2 is 1.86 bits per heavy atom. The third-order valence-corrected chi connectivity index (χ3v) is 5.91. The summed E-state index contributed by atoms with van der Waals surface area (Å²) in [5, 5.41) is 1.55. The highest BCUT2D eigenvalue weighted by Gasteiger charge is 2.44. The molecule has 1 amide bonds. The van der Waals surface area contributed by atoms with Gasteiger partial charge in [0.1, 0.15) is 0 Å². The van der Waals surface area contributed by atoms with Gasteiger partial charge in [-0.05, 0) is 35.2 Å². The van der Waals surface area contributed by atoms with Gasteiger partial charge in [0.05, 0.1) is 11.3 Å². The minimum atomic E-state index is -4.47. The van der Waals surface area contributed by atoms with Crippen LogP contribution in [0.2, 0.25) is 0 Å². The van der Waals surface area contributed by atoms with Crippen molar-refractivity contribution in [2.45, 2.75) is 37.6 Å². The number of alkyl halides is 3. The molecule has 1 heterocycles. The van der Waals surface area contributed by atoms with Crippen LogP contribution in [-0.4, -0.2) is 20.9 Å². The summed E-state index contributed by atoms with van der Waals surface area (Å²) >= 11 is -1.76. The second-order valence-corrected chi connectivity index (χ2v) is 8.39. The van der Waals surface area contributed by atoms with Gasteiger partial charge in [0.2, 0.25) is 5.25 Å². The summed E-state index contributed by atoms with van der Waals surface area (Å²) < 4.78 is 51.2. The Morgan fingerprint density at radius 3 is 2.46 bits per heavy atom. The predicted molar refractivity (Wildman–Crippen MR) is 103 cm³/mol. The highest BCUT2D eigenvalue weighted by molar-refractivity contribution is 8.08. The molecule has 2 unspecified atom stereocenters. The van der Waals surface area contributed by atoms with Crippen molar-refractivity contribution in [1.29, 1.82) is 0 Å². The lowest BCUT2D eigenvalue weighted by Crippen LogP contribution is -2.27. The molecule has 2 aromatic rings. The number of aliphatic imine (C=N–C) groups is 1. The quantitative estimate of drug-likeness (QED) is 0.767. The third kappa shape index (κ3) is 4.56. The molecule has 148 valence electrons. The number of hydrogen-bond donors (Lipinski definition) is 1. The highest BCUT2D eigenvalue weighted by atomic mass is 32.2. The van der Waals surface area contributed by atoms with Gasteiger partial charge in [-0.25, -0.2) is 0 Å². The molecule has 2 atom stereocenters. The van der Waals surface area contributed by atoms with E-state index in [4.69, 9.17) is 0 Å². The Hall–Kier alpha value is -2.32. The Labute approximate surface area is 164 Å². The average Bonchev–Trinajstić information content (AvgIpc) is 2.89. The molecule has 0 saturated carbocycles.